The summed E-state index contributed by atoms with van der Waals surface area (Å²) in [5.74, 6) is -1.07. The van der Waals surface area contributed by atoms with E-state index in [0.29, 0.717) is 5.75 Å². The molecule has 1 N–H and O–H groups in total. The summed E-state index contributed by atoms with van der Waals surface area (Å²) >= 11 is 8.54. The number of ether oxygens (including phenoxy) is 1. The number of anilines is 1. The van der Waals surface area contributed by atoms with Gasteiger partial charge in [-0.1, -0.05) is 17.7 Å². The lowest BCUT2D eigenvalue weighted by Crippen LogP contribution is -2.36. The van der Waals surface area contributed by atoms with Gasteiger partial charge in [0.1, 0.15) is 18.1 Å². The molecule has 0 radical (unpaired) electrons. The van der Waals surface area contributed by atoms with Crippen LogP contribution in [0.5, 0.6) is 5.75 Å². The smallest absolute Gasteiger partial charge is 0.294 e. The fourth-order valence-corrected chi connectivity index (χ4v) is 4.26. The van der Waals surface area contributed by atoms with Gasteiger partial charge in [0.05, 0.1) is 20.6 Å². The van der Waals surface area contributed by atoms with Gasteiger partial charge in [0.2, 0.25) is 5.91 Å². The number of hydrogen-bond donors (Lipinski definition) is 1. The molecule has 0 aliphatic carbocycles. The molecule has 1 fully saturated rings. The number of imide groups is 1. The van der Waals surface area contributed by atoms with Crippen LogP contribution in [-0.2, 0) is 9.59 Å². The first kappa shape index (κ1) is 21.6. The molecule has 0 saturated carbocycles. The molecule has 0 aromatic heterocycles. The zero-order valence-electron chi connectivity index (χ0n) is 14.9. The van der Waals surface area contributed by atoms with Crippen molar-refractivity contribution < 1.29 is 23.5 Å². The quantitative estimate of drug-likeness (QED) is 0.432. The highest BCUT2D eigenvalue weighted by atomic mass is 127. The number of halogens is 3. The van der Waals surface area contributed by atoms with Gasteiger partial charge in [0.25, 0.3) is 11.1 Å². The summed E-state index contributed by atoms with van der Waals surface area (Å²) in [6, 6.07) is 9.03. The molecule has 2 aromatic rings. The lowest BCUT2D eigenvalue weighted by Gasteiger charge is -2.12. The Morgan fingerprint density at radius 1 is 1.31 bits per heavy atom. The Labute approximate surface area is 188 Å². The molecule has 2 aromatic carbocycles. The molecule has 3 rings (SSSR count). The van der Waals surface area contributed by atoms with E-state index in [0.717, 1.165) is 31.9 Å². The van der Waals surface area contributed by atoms with Crippen LogP contribution in [0.25, 0.3) is 6.08 Å². The van der Waals surface area contributed by atoms with E-state index in [2.05, 4.69) is 27.9 Å². The zero-order chi connectivity index (χ0) is 21.1. The second kappa shape index (κ2) is 9.14. The van der Waals surface area contributed by atoms with E-state index in [1.54, 1.807) is 25.3 Å². The van der Waals surface area contributed by atoms with Crippen molar-refractivity contribution in [1.82, 2.24) is 4.90 Å². The fraction of sp³-hybridized carbons (Fsp3) is 0.105. The van der Waals surface area contributed by atoms with Crippen LogP contribution in [0.2, 0.25) is 5.02 Å². The first-order chi connectivity index (χ1) is 13.8. The Morgan fingerprint density at radius 2 is 2.07 bits per heavy atom. The first-order valence-corrected chi connectivity index (χ1v) is 10.4. The monoisotopic (exact) mass is 546 g/mol. The highest BCUT2D eigenvalue weighted by Gasteiger charge is 2.36. The van der Waals surface area contributed by atoms with E-state index in [-0.39, 0.29) is 15.6 Å². The van der Waals surface area contributed by atoms with Gasteiger partial charge in [0, 0.05) is 5.69 Å². The number of amides is 3. The van der Waals surface area contributed by atoms with Crippen molar-refractivity contribution in [3.05, 3.63) is 61.3 Å². The van der Waals surface area contributed by atoms with Crippen molar-refractivity contribution in [2.45, 2.75) is 0 Å². The average molecular weight is 547 g/mol. The minimum Gasteiger partial charge on any atom is -0.496 e. The number of nitrogens with zero attached hydrogens (tertiary/aromatic N) is 1. The summed E-state index contributed by atoms with van der Waals surface area (Å²) in [5.41, 5.74) is 0.989. The van der Waals surface area contributed by atoms with Gasteiger partial charge in [-0.25, -0.2) is 4.39 Å². The number of benzene rings is 2. The maximum absolute atomic E-state index is 13.2. The molecule has 10 heteroatoms. The average Bonchev–Trinajstić information content (AvgIpc) is 2.92. The molecule has 0 bridgehead atoms. The number of rotatable bonds is 5. The van der Waals surface area contributed by atoms with Crippen LogP contribution in [0, 0.1) is 9.39 Å². The molecule has 0 unspecified atom stereocenters. The summed E-state index contributed by atoms with van der Waals surface area (Å²) < 4.78 is 19.2. The molecule has 1 saturated heterocycles. The molecule has 1 aliphatic rings. The molecule has 0 spiro atoms. The van der Waals surface area contributed by atoms with Crippen molar-refractivity contribution in [2.24, 2.45) is 0 Å². The second-order valence-corrected chi connectivity index (χ2v) is 8.40. The molecule has 150 valence electrons. The summed E-state index contributed by atoms with van der Waals surface area (Å²) in [6.45, 7) is -0.461. The van der Waals surface area contributed by atoms with Crippen molar-refractivity contribution in [3.8, 4) is 5.75 Å². The molecular weight excluding hydrogens is 534 g/mol. The minimum atomic E-state index is -0.617. The third kappa shape index (κ3) is 5.09. The lowest BCUT2D eigenvalue weighted by molar-refractivity contribution is -0.127. The summed E-state index contributed by atoms with van der Waals surface area (Å²) in [5, 5.41) is 1.79. The van der Waals surface area contributed by atoms with Crippen LogP contribution in [0.15, 0.2) is 41.3 Å². The van der Waals surface area contributed by atoms with Crippen LogP contribution in [0.1, 0.15) is 5.56 Å². The van der Waals surface area contributed by atoms with Crippen molar-refractivity contribution in [3.63, 3.8) is 0 Å². The predicted octanol–water partition coefficient (Wildman–Crippen LogP) is 4.77. The van der Waals surface area contributed by atoms with Crippen LogP contribution in [0.3, 0.4) is 0 Å². The van der Waals surface area contributed by atoms with E-state index in [9.17, 15) is 18.8 Å². The Bertz CT molecular complexity index is 1050. The van der Waals surface area contributed by atoms with E-state index < -0.39 is 29.4 Å². The number of thioether (sulfide) groups is 1. The summed E-state index contributed by atoms with van der Waals surface area (Å²) in [4.78, 5) is 38.0. The second-order valence-electron chi connectivity index (χ2n) is 5.84. The van der Waals surface area contributed by atoms with Crippen molar-refractivity contribution >= 4 is 74.8 Å². The molecule has 3 amide bonds. The van der Waals surface area contributed by atoms with Crippen LogP contribution >= 0.6 is 46.0 Å². The van der Waals surface area contributed by atoms with Crippen LogP contribution in [0.4, 0.5) is 14.9 Å². The van der Waals surface area contributed by atoms with Gasteiger partial charge in [-0.15, -0.1) is 0 Å². The van der Waals surface area contributed by atoms with E-state index in [4.69, 9.17) is 16.3 Å². The van der Waals surface area contributed by atoms with Gasteiger partial charge in [-0.3, -0.25) is 19.3 Å². The number of methoxy groups -OCH3 is 1. The Hall–Kier alpha value is -2.11. The molecular formula is C19H13ClFIN2O4S. The number of nitrogens with one attached hydrogen (secondary N) is 1. The highest BCUT2D eigenvalue weighted by molar-refractivity contribution is 14.1. The minimum absolute atomic E-state index is 0.147. The van der Waals surface area contributed by atoms with Crippen molar-refractivity contribution in [2.75, 3.05) is 19.0 Å². The number of carbonyl (C=O) groups excluding carboxylic acids is 3. The maximum Gasteiger partial charge on any atom is 0.294 e. The molecule has 0 atom stereocenters. The first-order valence-electron chi connectivity index (χ1n) is 8.12. The van der Waals surface area contributed by atoms with E-state index in [1.807, 2.05) is 6.07 Å². The SMILES string of the molecule is COc1ccc(/C=C2\SC(=O)N(CC(=O)Nc3ccc(F)c(Cl)c3)C2=O)cc1I. The van der Waals surface area contributed by atoms with Gasteiger partial charge >= 0.3 is 0 Å². The van der Waals surface area contributed by atoms with E-state index in [1.165, 1.54) is 12.1 Å². The standard InChI is InChI=1S/C19H13ClFIN2O4S/c1-28-15-5-2-10(6-14(15)22)7-16-18(26)24(19(27)29-16)9-17(25)23-11-3-4-13(21)12(20)8-11/h2-8H,9H2,1H3,(H,23,25)/b16-7-. The summed E-state index contributed by atoms with van der Waals surface area (Å²) in [7, 11) is 1.56. The third-order valence-electron chi connectivity index (χ3n) is 3.85. The van der Waals surface area contributed by atoms with Gasteiger partial charge in [-0.05, 0) is 76.3 Å². The molecule has 1 heterocycles. The Balaban J connectivity index is 1.70. The van der Waals surface area contributed by atoms with Gasteiger partial charge in [0.15, 0.2) is 0 Å². The third-order valence-corrected chi connectivity index (χ3v) is 5.89. The Morgan fingerprint density at radius 3 is 2.72 bits per heavy atom. The normalized spacial score (nSPS) is 15.2. The topological polar surface area (TPSA) is 75.7 Å². The lowest BCUT2D eigenvalue weighted by atomic mass is 10.2. The number of carbonyl (C=O) groups is 3. The maximum atomic E-state index is 13.2. The molecule has 1 aliphatic heterocycles. The van der Waals surface area contributed by atoms with Crippen LogP contribution in [-0.4, -0.2) is 35.6 Å². The zero-order valence-corrected chi connectivity index (χ0v) is 18.6. The number of hydrogen-bond acceptors (Lipinski definition) is 5. The molecule has 6 nitrogen and oxygen atoms in total. The van der Waals surface area contributed by atoms with Crippen molar-refractivity contribution in [1.29, 1.82) is 0 Å². The summed E-state index contributed by atoms with van der Waals surface area (Å²) in [6.07, 6.45) is 1.59. The van der Waals surface area contributed by atoms with Gasteiger partial charge in [-0.2, -0.15) is 0 Å². The fourth-order valence-electron chi connectivity index (χ4n) is 2.48. The molecule has 29 heavy (non-hydrogen) atoms. The Kier molecular flexibility index (Phi) is 6.81. The van der Waals surface area contributed by atoms with Crippen LogP contribution < -0.4 is 10.1 Å². The van der Waals surface area contributed by atoms with E-state index >= 15 is 0 Å². The largest absolute Gasteiger partial charge is 0.496 e. The predicted molar refractivity (Wildman–Crippen MR) is 118 cm³/mol. The van der Waals surface area contributed by atoms with Gasteiger partial charge < -0.3 is 10.1 Å². The highest BCUT2D eigenvalue weighted by Crippen LogP contribution is 2.33.